The molecule has 0 spiro atoms. The Balaban J connectivity index is 1.48. The summed E-state index contributed by atoms with van der Waals surface area (Å²) in [6, 6.07) is 15.5. The van der Waals surface area contributed by atoms with Crippen molar-refractivity contribution in [3.8, 4) is 17.2 Å². The molecule has 29 heavy (non-hydrogen) atoms. The zero-order chi connectivity index (χ0) is 20.3. The quantitative estimate of drug-likeness (QED) is 0.840. The molecule has 0 bridgehead atoms. The fourth-order valence-electron chi connectivity index (χ4n) is 4.04. The number of hydrogen-bond acceptors (Lipinski definition) is 5. The topological polar surface area (TPSA) is 66.0 Å². The molecule has 1 amide bonds. The number of fused-ring (bicyclic) bond motifs is 1. The van der Waals surface area contributed by atoms with E-state index in [2.05, 4.69) is 17.4 Å². The highest BCUT2D eigenvalue weighted by Gasteiger charge is 2.38. The Labute approximate surface area is 171 Å². The van der Waals surface area contributed by atoms with Gasteiger partial charge in [-0.1, -0.05) is 24.3 Å². The minimum Gasteiger partial charge on any atom is -0.497 e. The first-order valence-electron chi connectivity index (χ1n) is 10.0. The standard InChI is InChI=1S/C23H27NO5/c1-16-21(29-20-6-4-3-5-19(20)28-16)22(25)24-15-23(11-13-27-14-12-23)17-7-9-18(26-2)10-8-17/h3-10,16,21H,11-15H2,1-2H3,(H,24,25). The lowest BCUT2D eigenvalue weighted by Crippen LogP contribution is -2.52. The van der Waals surface area contributed by atoms with E-state index in [4.69, 9.17) is 18.9 Å². The van der Waals surface area contributed by atoms with Crippen molar-refractivity contribution in [3.63, 3.8) is 0 Å². The van der Waals surface area contributed by atoms with Gasteiger partial charge in [0.2, 0.25) is 6.10 Å². The van der Waals surface area contributed by atoms with Crippen molar-refractivity contribution in [2.24, 2.45) is 0 Å². The molecule has 2 aromatic rings. The third-order valence-corrected chi connectivity index (χ3v) is 5.85. The average molecular weight is 397 g/mol. The highest BCUT2D eigenvalue weighted by atomic mass is 16.6. The molecule has 1 saturated heterocycles. The van der Waals surface area contributed by atoms with Gasteiger partial charge in [-0.25, -0.2) is 0 Å². The van der Waals surface area contributed by atoms with Gasteiger partial charge in [0, 0.05) is 25.2 Å². The SMILES string of the molecule is COc1ccc(C2(CNC(=O)C3Oc4ccccc4OC3C)CCOCC2)cc1. The summed E-state index contributed by atoms with van der Waals surface area (Å²) in [5, 5.41) is 3.12. The predicted octanol–water partition coefficient (Wildman–Crippen LogP) is 3.09. The Morgan fingerprint density at radius 1 is 1.07 bits per heavy atom. The van der Waals surface area contributed by atoms with Crippen LogP contribution in [0.3, 0.4) is 0 Å². The molecule has 4 rings (SSSR count). The van der Waals surface area contributed by atoms with Crippen molar-refractivity contribution >= 4 is 5.91 Å². The molecule has 1 fully saturated rings. The molecule has 2 unspecified atom stereocenters. The number of carbonyl (C=O) groups excluding carboxylic acids is 1. The first-order valence-corrected chi connectivity index (χ1v) is 10.0. The minimum absolute atomic E-state index is 0.161. The van der Waals surface area contributed by atoms with Crippen molar-refractivity contribution in [1.29, 1.82) is 0 Å². The van der Waals surface area contributed by atoms with Crippen LogP contribution in [0.25, 0.3) is 0 Å². The maximum Gasteiger partial charge on any atom is 0.265 e. The van der Waals surface area contributed by atoms with Crippen LogP contribution in [-0.2, 0) is 14.9 Å². The largest absolute Gasteiger partial charge is 0.497 e. The van der Waals surface area contributed by atoms with Gasteiger partial charge in [0.05, 0.1) is 7.11 Å². The van der Waals surface area contributed by atoms with Gasteiger partial charge >= 0.3 is 0 Å². The van der Waals surface area contributed by atoms with Crippen molar-refractivity contribution in [2.75, 3.05) is 26.9 Å². The summed E-state index contributed by atoms with van der Waals surface area (Å²) in [6.45, 7) is 3.73. The van der Waals surface area contributed by atoms with Crippen LogP contribution in [0.1, 0.15) is 25.3 Å². The van der Waals surface area contributed by atoms with Gasteiger partial charge in [-0.05, 0) is 49.6 Å². The van der Waals surface area contributed by atoms with Crippen LogP contribution in [0.2, 0.25) is 0 Å². The zero-order valence-electron chi connectivity index (χ0n) is 16.9. The molecule has 2 atom stereocenters. The Hall–Kier alpha value is -2.73. The summed E-state index contributed by atoms with van der Waals surface area (Å²) < 4.78 is 22.7. The molecule has 0 aromatic heterocycles. The van der Waals surface area contributed by atoms with Gasteiger partial charge < -0.3 is 24.3 Å². The highest BCUT2D eigenvalue weighted by molar-refractivity contribution is 5.82. The molecule has 0 aliphatic carbocycles. The van der Waals surface area contributed by atoms with Crippen molar-refractivity contribution in [2.45, 2.75) is 37.4 Å². The van der Waals surface area contributed by atoms with E-state index in [1.54, 1.807) is 7.11 Å². The molecule has 2 heterocycles. The van der Waals surface area contributed by atoms with Crippen LogP contribution in [0.4, 0.5) is 0 Å². The molecule has 6 nitrogen and oxygen atoms in total. The molecule has 2 aromatic carbocycles. The van der Waals surface area contributed by atoms with Crippen molar-refractivity contribution in [1.82, 2.24) is 5.32 Å². The van der Waals surface area contributed by atoms with Crippen LogP contribution >= 0.6 is 0 Å². The number of hydrogen-bond donors (Lipinski definition) is 1. The Morgan fingerprint density at radius 2 is 1.72 bits per heavy atom. The number of methoxy groups -OCH3 is 1. The van der Waals surface area contributed by atoms with E-state index >= 15 is 0 Å². The van der Waals surface area contributed by atoms with Gasteiger partial charge in [-0.3, -0.25) is 4.79 Å². The number of ether oxygens (including phenoxy) is 4. The second-order valence-electron chi connectivity index (χ2n) is 7.65. The summed E-state index contributed by atoms with van der Waals surface area (Å²) in [7, 11) is 1.66. The predicted molar refractivity (Wildman–Crippen MR) is 109 cm³/mol. The summed E-state index contributed by atoms with van der Waals surface area (Å²) in [4.78, 5) is 13.0. The number of amides is 1. The number of rotatable bonds is 5. The van der Waals surface area contributed by atoms with Gasteiger partial charge in [-0.15, -0.1) is 0 Å². The van der Waals surface area contributed by atoms with Crippen LogP contribution < -0.4 is 19.5 Å². The number of benzene rings is 2. The van der Waals surface area contributed by atoms with Gasteiger partial charge in [0.1, 0.15) is 11.9 Å². The second kappa shape index (κ2) is 8.33. The third kappa shape index (κ3) is 4.03. The molecule has 2 aliphatic rings. The molecule has 2 aliphatic heterocycles. The minimum atomic E-state index is -0.683. The van der Waals surface area contributed by atoms with E-state index < -0.39 is 6.10 Å². The average Bonchev–Trinajstić information content (AvgIpc) is 2.77. The maximum atomic E-state index is 13.0. The van der Waals surface area contributed by atoms with E-state index in [0.29, 0.717) is 31.3 Å². The summed E-state index contributed by atoms with van der Waals surface area (Å²) in [5.74, 6) is 1.93. The smallest absolute Gasteiger partial charge is 0.265 e. The first kappa shape index (κ1) is 19.6. The summed E-state index contributed by atoms with van der Waals surface area (Å²) >= 11 is 0. The van der Waals surface area contributed by atoms with Crippen molar-refractivity contribution < 1.29 is 23.7 Å². The number of carbonyl (C=O) groups is 1. The maximum absolute atomic E-state index is 13.0. The monoisotopic (exact) mass is 397 g/mol. The van der Waals surface area contributed by atoms with E-state index in [0.717, 1.165) is 18.6 Å². The number of para-hydroxylation sites is 2. The number of nitrogens with one attached hydrogen (secondary N) is 1. The fourth-order valence-corrected chi connectivity index (χ4v) is 4.04. The Bertz CT molecular complexity index is 845. The van der Waals surface area contributed by atoms with Crippen LogP contribution in [0.5, 0.6) is 17.2 Å². The molecule has 0 radical (unpaired) electrons. The molecule has 1 N–H and O–H groups in total. The lowest BCUT2D eigenvalue weighted by Gasteiger charge is -2.39. The Kier molecular flexibility index (Phi) is 5.62. The van der Waals surface area contributed by atoms with Crippen LogP contribution in [-0.4, -0.2) is 45.0 Å². The van der Waals surface area contributed by atoms with E-state index in [1.807, 2.05) is 43.3 Å². The third-order valence-electron chi connectivity index (χ3n) is 5.85. The van der Waals surface area contributed by atoms with Crippen LogP contribution in [0, 0.1) is 0 Å². The van der Waals surface area contributed by atoms with E-state index in [1.165, 1.54) is 5.56 Å². The summed E-state index contributed by atoms with van der Waals surface area (Å²) in [5.41, 5.74) is 1.01. The first-order chi connectivity index (χ1) is 14.1. The van der Waals surface area contributed by atoms with E-state index in [-0.39, 0.29) is 17.4 Å². The van der Waals surface area contributed by atoms with Gasteiger partial charge in [-0.2, -0.15) is 0 Å². The molecule has 154 valence electrons. The Morgan fingerprint density at radius 3 is 2.38 bits per heavy atom. The van der Waals surface area contributed by atoms with Gasteiger partial charge in [0.25, 0.3) is 5.91 Å². The fraction of sp³-hybridized carbons (Fsp3) is 0.435. The lowest BCUT2D eigenvalue weighted by molar-refractivity contribution is -0.133. The summed E-state index contributed by atoms with van der Waals surface area (Å²) in [6.07, 6.45) is 0.647. The normalized spacial score (nSPS) is 22.6. The second-order valence-corrected chi connectivity index (χ2v) is 7.65. The van der Waals surface area contributed by atoms with Crippen LogP contribution in [0.15, 0.2) is 48.5 Å². The molecular weight excluding hydrogens is 370 g/mol. The molecule has 6 heteroatoms. The highest BCUT2D eigenvalue weighted by Crippen LogP contribution is 2.36. The lowest BCUT2D eigenvalue weighted by atomic mass is 9.74. The van der Waals surface area contributed by atoms with Gasteiger partial charge in [0.15, 0.2) is 11.5 Å². The molecule has 0 saturated carbocycles. The van der Waals surface area contributed by atoms with E-state index in [9.17, 15) is 4.79 Å². The molecular formula is C23H27NO5. The zero-order valence-corrected chi connectivity index (χ0v) is 16.9. The van der Waals surface area contributed by atoms with Crippen molar-refractivity contribution in [3.05, 3.63) is 54.1 Å².